The zero-order valence-corrected chi connectivity index (χ0v) is 24.0. The Morgan fingerprint density at radius 1 is 0.780 bits per heavy atom. The van der Waals surface area contributed by atoms with Gasteiger partial charge in [-0.1, -0.05) is 84.4 Å². The van der Waals surface area contributed by atoms with Gasteiger partial charge in [0.15, 0.2) is 0 Å². The Labute approximate surface area is 240 Å². The molecule has 0 aliphatic heterocycles. The highest BCUT2D eigenvalue weighted by Gasteiger charge is 2.28. The van der Waals surface area contributed by atoms with Crippen LogP contribution in [-0.2, 0) is 27.8 Å². The smallest absolute Gasteiger partial charge is 0.322 e. The van der Waals surface area contributed by atoms with Crippen molar-refractivity contribution in [3.05, 3.63) is 119 Å². The number of benzene rings is 4. The molecule has 4 rings (SSSR count). The fourth-order valence-corrected chi connectivity index (χ4v) is 6.46. The fraction of sp³-hybridized carbons (Fsp3) is 0.188. The summed E-state index contributed by atoms with van der Waals surface area (Å²) < 4.78 is 28.7. The molecule has 0 saturated carbocycles. The van der Waals surface area contributed by atoms with Crippen LogP contribution in [0.2, 0.25) is 0 Å². The van der Waals surface area contributed by atoms with Crippen LogP contribution in [0.3, 0.4) is 0 Å². The number of carboxylic acids is 1. The molecule has 0 aliphatic carbocycles. The number of hydrogen-bond donors (Lipinski definition) is 4. The predicted molar refractivity (Wildman–Crippen MR) is 160 cm³/mol. The van der Waals surface area contributed by atoms with Gasteiger partial charge in [-0.3, -0.25) is 4.79 Å². The van der Waals surface area contributed by atoms with Crippen molar-refractivity contribution in [2.24, 2.45) is 0 Å². The molecule has 0 unspecified atom stereocenters. The van der Waals surface area contributed by atoms with Gasteiger partial charge in [0.2, 0.25) is 10.0 Å². The van der Waals surface area contributed by atoms with E-state index < -0.39 is 22.0 Å². The number of amides is 2. The molecule has 4 N–H and O–H groups in total. The Bertz CT molecular complexity index is 1630. The maximum atomic E-state index is 13.1. The quantitative estimate of drug-likeness (QED) is 0.198. The van der Waals surface area contributed by atoms with Gasteiger partial charge in [0.25, 0.3) is 0 Å². The van der Waals surface area contributed by atoms with E-state index in [1.54, 1.807) is 44.2 Å². The van der Waals surface area contributed by atoms with Gasteiger partial charge in [-0.25, -0.2) is 13.2 Å². The van der Waals surface area contributed by atoms with Crippen molar-refractivity contribution < 1.29 is 23.1 Å². The van der Waals surface area contributed by atoms with Gasteiger partial charge in [0, 0.05) is 12.2 Å². The zero-order valence-electron chi connectivity index (χ0n) is 23.1. The van der Waals surface area contributed by atoms with E-state index >= 15 is 0 Å². The van der Waals surface area contributed by atoms with Crippen LogP contribution in [0.4, 0.5) is 10.5 Å². The van der Waals surface area contributed by atoms with Crippen LogP contribution in [0.1, 0.15) is 27.8 Å². The van der Waals surface area contributed by atoms with Gasteiger partial charge in [-0.05, 0) is 72.7 Å². The molecule has 41 heavy (non-hydrogen) atoms. The number of sulfonamides is 1. The summed E-state index contributed by atoms with van der Waals surface area (Å²) in [5.74, 6) is -1.26. The summed E-state index contributed by atoms with van der Waals surface area (Å²) in [5, 5.41) is 15.5. The molecule has 1 atom stereocenters. The average molecular weight is 572 g/mol. The molecule has 9 heteroatoms. The van der Waals surface area contributed by atoms with Crippen LogP contribution in [0.5, 0.6) is 0 Å². The Morgan fingerprint density at radius 2 is 1.44 bits per heavy atom. The third-order valence-electron chi connectivity index (χ3n) is 6.61. The van der Waals surface area contributed by atoms with Crippen LogP contribution in [0, 0.1) is 20.8 Å². The topological polar surface area (TPSA) is 125 Å². The molecule has 0 spiro atoms. The van der Waals surface area contributed by atoms with E-state index in [0.717, 1.165) is 22.3 Å². The summed E-state index contributed by atoms with van der Waals surface area (Å²) in [4.78, 5) is 24.5. The molecule has 212 valence electrons. The number of nitrogens with one attached hydrogen (secondary N) is 3. The van der Waals surface area contributed by atoms with Crippen LogP contribution < -0.4 is 15.4 Å². The minimum atomic E-state index is -4.06. The molecule has 0 heterocycles. The Balaban J connectivity index is 1.42. The van der Waals surface area contributed by atoms with Gasteiger partial charge in [-0.2, -0.15) is 4.72 Å². The van der Waals surface area contributed by atoms with Crippen molar-refractivity contribution in [1.29, 1.82) is 0 Å². The van der Waals surface area contributed by atoms with E-state index in [2.05, 4.69) is 15.4 Å². The number of carboxylic acid groups (broad SMARTS) is 1. The minimum Gasteiger partial charge on any atom is -0.480 e. The lowest BCUT2D eigenvalue weighted by Crippen LogP contribution is -2.42. The average Bonchev–Trinajstić information content (AvgIpc) is 2.92. The predicted octanol–water partition coefficient (Wildman–Crippen LogP) is 5.57. The summed E-state index contributed by atoms with van der Waals surface area (Å²) in [6, 6.07) is 26.1. The summed E-state index contributed by atoms with van der Waals surface area (Å²) in [7, 11) is -4.06. The van der Waals surface area contributed by atoms with Gasteiger partial charge in [0.1, 0.15) is 6.04 Å². The molecule has 0 radical (unpaired) electrons. The number of anilines is 1. The van der Waals surface area contributed by atoms with E-state index in [1.165, 1.54) is 0 Å². The number of hydrogen-bond acceptors (Lipinski definition) is 4. The summed E-state index contributed by atoms with van der Waals surface area (Å²) in [5.41, 5.74) is 6.06. The standard InChI is InChI=1S/C32H33N3O5S/c1-21-16-22(2)30(23(3)17-21)41(39,40)35-29(31(36)37)18-24-12-14-26(15-13-24)27-10-7-11-28(19-27)34-32(38)33-20-25-8-5-4-6-9-25/h4-17,19,29,35H,18,20H2,1-3H3,(H,36,37)(H2,33,34,38)/t29-/m1/s1. The first-order valence-corrected chi connectivity index (χ1v) is 14.6. The summed E-state index contributed by atoms with van der Waals surface area (Å²) in [6.07, 6.45) is -0.0258. The fourth-order valence-electron chi connectivity index (χ4n) is 4.82. The normalized spacial score (nSPS) is 12.0. The second-order valence-electron chi connectivity index (χ2n) is 10.0. The van der Waals surface area contributed by atoms with Crippen molar-refractivity contribution in [2.75, 3.05) is 5.32 Å². The lowest BCUT2D eigenvalue weighted by Gasteiger charge is -2.18. The Morgan fingerprint density at radius 3 is 2.07 bits per heavy atom. The molecule has 0 saturated heterocycles. The van der Waals surface area contributed by atoms with Crippen molar-refractivity contribution in [2.45, 2.75) is 44.7 Å². The number of aliphatic carboxylic acids is 1. The highest BCUT2D eigenvalue weighted by Crippen LogP contribution is 2.25. The number of rotatable bonds is 10. The molecule has 8 nitrogen and oxygen atoms in total. The lowest BCUT2D eigenvalue weighted by atomic mass is 10.0. The Kier molecular flexibility index (Phi) is 9.21. The highest BCUT2D eigenvalue weighted by molar-refractivity contribution is 7.89. The van der Waals surface area contributed by atoms with Crippen molar-refractivity contribution in [3.8, 4) is 11.1 Å². The molecular weight excluding hydrogens is 538 g/mol. The first-order valence-electron chi connectivity index (χ1n) is 13.1. The first kappa shape index (κ1) is 29.5. The lowest BCUT2D eigenvalue weighted by molar-refractivity contribution is -0.138. The van der Waals surface area contributed by atoms with Crippen molar-refractivity contribution in [3.63, 3.8) is 0 Å². The van der Waals surface area contributed by atoms with E-state index in [4.69, 9.17) is 0 Å². The molecular formula is C32H33N3O5S. The number of carbonyl (C=O) groups excluding carboxylic acids is 1. The van der Waals surface area contributed by atoms with Crippen molar-refractivity contribution in [1.82, 2.24) is 10.0 Å². The maximum absolute atomic E-state index is 13.1. The summed E-state index contributed by atoms with van der Waals surface area (Å²) in [6.45, 7) is 5.69. The molecule has 0 aliphatic rings. The van der Waals surface area contributed by atoms with Crippen LogP contribution in [-0.4, -0.2) is 31.6 Å². The summed E-state index contributed by atoms with van der Waals surface area (Å²) >= 11 is 0. The number of aryl methyl sites for hydroxylation is 3. The van der Waals surface area contributed by atoms with E-state index in [1.807, 2.05) is 67.6 Å². The zero-order chi connectivity index (χ0) is 29.6. The van der Waals surface area contributed by atoms with Gasteiger partial charge in [0.05, 0.1) is 4.90 Å². The van der Waals surface area contributed by atoms with E-state index in [0.29, 0.717) is 28.9 Å². The van der Waals surface area contributed by atoms with Gasteiger partial charge >= 0.3 is 12.0 Å². The van der Waals surface area contributed by atoms with E-state index in [9.17, 15) is 23.1 Å². The molecule has 0 fully saturated rings. The third-order valence-corrected chi connectivity index (χ3v) is 8.39. The monoisotopic (exact) mass is 571 g/mol. The SMILES string of the molecule is Cc1cc(C)c(S(=O)(=O)N[C@H](Cc2ccc(-c3cccc(NC(=O)NCc4ccccc4)c3)cc2)C(=O)O)c(C)c1. The Hall–Kier alpha value is -4.47. The molecule has 0 aromatic heterocycles. The molecule has 4 aromatic carbocycles. The first-order chi connectivity index (χ1) is 19.5. The number of carbonyl (C=O) groups is 2. The van der Waals surface area contributed by atoms with Crippen LogP contribution in [0.15, 0.2) is 95.9 Å². The largest absolute Gasteiger partial charge is 0.480 e. The van der Waals surface area contributed by atoms with Crippen molar-refractivity contribution >= 4 is 27.7 Å². The van der Waals surface area contributed by atoms with Crippen LogP contribution >= 0.6 is 0 Å². The maximum Gasteiger partial charge on any atom is 0.322 e. The highest BCUT2D eigenvalue weighted by atomic mass is 32.2. The van der Waals surface area contributed by atoms with Gasteiger partial charge < -0.3 is 15.7 Å². The minimum absolute atomic E-state index is 0.0258. The molecule has 4 aromatic rings. The molecule has 2 amide bonds. The third kappa shape index (κ3) is 7.81. The van der Waals surface area contributed by atoms with E-state index in [-0.39, 0.29) is 17.3 Å². The second kappa shape index (κ2) is 12.8. The second-order valence-corrected chi connectivity index (χ2v) is 11.7. The number of urea groups is 1. The molecule has 0 bridgehead atoms. The van der Waals surface area contributed by atoms with Crippen LogP contribution in [0.25, 0.3) is 11.1 Å². The van der Waals surface area contributed by atoms with Gasteiger partial charge in [-0.15, -0.1) is 0 Å².